The molecule has 0 radical (unpaired) electrons. The second-order valence-electron chi connectivity index (χ2n) is 2.41. The lowest BCUT2D eigenvalue weighted by Gasteiger charge is -2.11. The molecule has 0 bridgehead atoms. The second-order valence-corrected chi connectivity index (χ2v) is 2.41. The zero-order valence-corrected chi connectivity index (χ0v) is 8.68. The average Bonchev–Trinajstić information content (AvgIpc) is 1.87. The molecule has 13 heavy (non-hydrogen) atoms. The summed E-state index contributed by atoms with van der Waals surface area (Å²) in [5, 5.41) is 17.4. The Labute approximate surface area is 89.3 Å². The van der Waals surface area contributed by atoms with Crippen LogP contribution in [0.5, 0.6) is 0 Å². The summed E-state index contributed by atoms with van der Waals surface area (Å²) < 4.78 is 0. The van der Waals surface area contributed by atoms with E-state index >= 15 is 0 Å². The van der Waals surface area contributed by atoms with Gasteiger partial charge in [-0.05, 0) is 19.4 Å². The fraction of sp³-hybridized carbons (Fsp3) is 0.833. The number of nitrogens with two attached hydrogens (primary N) is 2. The lowest BCUT2D eigenvalue weighted by Crippen LogP contribution is -2.34. The standard InChI is InChI=1S/C6H14N2O3.2ClH/c7-2-1-4(9)3-5(8)6(10)11;;/h4-5,9H,1-3,7-8H2,(H,10,11);2*1H/t4-,5-;;/m0../s1. The summed E-state index contributed by atoms with van der Waals surface area (Å²) >= 11 is 0. The Hall–Kier alpha value is -0.0700. The number of aliphatic hydroxyl groups is 1. The first-order valence-corrected chi connectivity index (χ1v) is 3.44. The Morgan fingerprint density at radius 3 is 2.15 bits per heavy atom. The maximum absolute atomic E-state index is 10.2. The van der Waals surface area contributed by atoms with Gasteiger partial charge in [-0.3, -0.25) is 4.79 Å². The molecule has 7 heteroatoms. The van der Waals surface area contributed by atoms with Gasteiger partial charge >= 0.3 is 5.97 Å². The van der Waals surface area contributed by atoms with E-state index in [-0.39, 0.29) is 31.2 Å². The topological polar surface area (TPSA) is 110 Å². The molecule has 0 aromatic carbocycles. The number of rotatable bonds is 5. The Morgan fingerprint density at radius 1 is 1.38 bits per heavy atom. The SMILES string of the molecule is Cl.Cl.NCC[C@H](O)C[C@H](N)C(=O)O. The largest absolute Gasteiger partial charge is 0.480 e. The van der Waals surface area contributed by atoms with Gasteiger partial charge in [-0.15, -0.1) is 24.8 Å². The molecule has 0 unspecified atom stereocenters. The highest BCUT2D eigenvalue weighted by molar-refractivity contribution is 5.85. The number of hydrogen-bond acceptors (Lipinski definition) is 4. The van der Waals surface area contributed by atoms with Gasteiger partial charge in [0.2, 0.25) is 0 Å². The van der Waals surface area contributed by atoms with Crippen LogP contribution in [0.25, 0.3) is 0 Å². The molecule has 0 spiro atoms. The van der Waals surface area contributed by atoms with Crippen LogP contribution in [0.1, 0.15) is 12.8 Å². The molecule has 0 amide bonds. The van der Waals surface area contributed by atoms with Crippen molar-refractivity contribution < 1.29 is 15.0 Å². The summed E-state index contributed by atoms with van der Waals surface area (Å²) in [5.41, 5.74) is 10.3. The van der Waals surface area contributed by atoms with E-state index in [4.69, 9.17) is 21.7 Å². The van der Waals surface area contributed by atoms with E-state index in [1.165, 1.54) is 0 Å². The third-order valence-electron chi connectivity index (χ3n) is 1.34. The van der Waals surface area contributed by atoms with Gasteiger partial charge in [0.25, 0.3) is 0 Å². The average molecular weight is 235 g/mol. The van der Waals surface area contributed by atoms with Crippen LogP contribution in [0.3, 0.4) is 0 Å². The van der Waals surface area contributed by atoms with Crippen molar-refractivity contribution in [3.05, 3.63) is 0 Å². The van der Waals surface area contributed by atoms with E-state index < -0.39 is 18.1 Å². The third-order valence-corrected chi connectivity index (χ3v) is 1.34. The predicted octanol–water partition coefficient (Wildman–Crippen LogP) is -0.658. The van der Waals surface area contributed by atoms with Gasteiger partial charge in [0.15, 0.2) is 0 Å². The zero-order valence-electron chi connectivity index (χ0n) is 7.05. The smallest absolute Gasteiger partial charge is 0.320 e. The quantitative estimate of drug-likeness (QED) is 0.505. The van der Waals surface area contributed by atoms with Gasteiger partial charge in [-0.2, -0.15) is 0 Å². The highest BCUT2D eigenvalue weighted by atomic mass is 35.5. The molecule has 0 aliphatic carbocycles. The second kappa shape index (κ2) is 10.0. The van der Waals surface area contributed by atoms with Crippen molar-refractivity contribution in [2.75, 3.05) is 6.54 Å². The maximum Gasteiger partial charge on any atom is 0.320 e. The fourth-order valence-electron chi connectivity index (χ4n) is 0.704. The van der Waals surface area contributed by atoms with Crippen molar-refractivity contribution in [2.45, 2.75) is 25.0 Å². The van der Waals surface area contributed by atoms with Crippen molar-refractivity contribution >= 4 is 30.8 Å². The Kier molecular flexibility index (Phi) is 14.4. The third kappa shape index (κ3) is 9.85. The Morgan fingerprint density at radius 2 is 1.85 bits per heavy atom. The van der Waals surface area contributed by atoms with E-state index in [0.717, 1.165) is 0 Å². The monoisotopic (exact) mass is 234 g/mol. The summed E-state index contributed by atoms with van der Waals surface area (Å²) in [7, 11) is 0. The first kappa shape index (κ1) is 18.7. The molecule has 82 valence electrons. The fourth-order valence-corrected chi connectivity index (χ4v) is 0.704. The first-order chi connectivity index (χ1) is 5.07. The van der Waals surface area contributed by atoms with Gasteiger partial charge in [0.1, 0.15) is 6.04 Å². The number of aliphatic hydroxyl groups excluding tert-OH is 1. The molecule has 0 aromatic rings. The van der Waals surface area contributed by atoms with Gasteiger partial charge in [-0.25, -0.2) is 0 Å². The molecule has 0 aromatic heterocycles. The molecule has 0 heterocycles. The molecular weight excluding hydrogens is 219 g/mol. The summed E-state index contributed by atoms with van der Waals surface area (Å²) in [6.07, 6.45) is -0.251. The zero-order chi connectivity index (χ0) is 8.85. The highest BCUT2D eigenvalue weighted by Gasteiger charge is 2.15. The summed E-state index contributed by atoms with van der Waals surface area (Å²) in [5.74, 6) is -1.10. The van der Waals surface area contributed by atoms with E-state index in [1.807, 2.05) is 0 Å². The van der Waals surface area contributed by atoms with E-state index in [9.17, 15) is 4.79 Å². The van der Waals surface area contributed by atoms with Crippen LogP contribution in [0.4, 0.5) is 0 Å². The summed E-state index contributed by atoms with van der Waals surface area (Å²) in [6, 6.07) is -0.989. The number of carboxylic acids is 1. The molecule has 0 rings (SSSR count). The molecule has 5 nitrogen and oxygen atoms in total. The predicted molar refractivity (Wildman–Crippen MR) is 54.4 cm³/mol. The number of aliphatic carboxylic acids is 1. The lowest BCUT2D eigenvalue weighted by molar-refractivity contribution is -0.139. The van der Waals surface area contributed by atoms with Crippen LogP contribution in [0, 0.1) is 0 Å². The number of halogens is 2. The Bertz CT molecular complexity index is 137. The molecule has 0 saturated carbocycles. The minimum absolute atomic E-state index is 0. The van der Waals surface area contributed by atoms with Crippen molar-refractivity contribution in [3.8, 4) is 0 Å². The molecule has 0 aliphatic rings. The van der Waals surface area contributed by atoms with Crippen LogP contribution < -0.4 is 11.5 Å². The normalized spacial score (nSPS) is 13.5. The molecule has 0 fully saturated rings. The molecule has 2 atom stereocenters. The summed E-state index contributed by atoms with van der Waals surface area (Å²) in [4.78, 5) is 10.2. The van der Waals surface area contributed by atoms with Crippen molar-refractivity contribution in [3.63, 3.8) is 0 Å². The van der Waals surface area contributed by atoms with E-state index in [0.29, 0.717) is 13.0 Å². The van der Waals surface area contributed by atoms with Crippen LogP contribution in [-0.2, 0) is 4.79 Å². The Balaban J connectivity index is -0.000000500. The lowest BCUT2D eigenvalue weighted by atomic mass is 10.1. The van der Waals surface area contributed by atoms with Gasteiger partial charge in [-0.1, -0.05) is 0 Å². The minimum atomic E-state index is -1.10. The number of hydrogen-bond donors (Lipinski definition) is 4. The van der Waals surface area contributed by atoms with Crippen molar-refractivity contribution in [1.82, 2.24) is 0 Å². The van der Waals surface area contributed by atoms with Crippen LogP contribution in [0.15, 0.2) is 0 Å². The van der Waals surface area contributed by atoms with Crippen molar-refractivity contribution in [2.24, 2.45) is 11.5 Å². The van der Waals surface area contributed by atoms with Crippen LogP contribution >= 0.6 is 24.8 Å². The minimum Gasteiger partial charge on any atom is -0.480 e. The molecule has 0 saturated heterocycles. The van der Waals surface area contributed by atoms with Crippen molar-refractivity contribution in [1.29, 1.82) is 0 Å². The van der Waals surface area contributed by atoms with Gasteiger partial charge in [0, 0.05) is 0 Å². The molecule has 6 N–H and O–H groups in total. The van der Waals surface area contributed by atoms with E-state index in [1.54, 1.807) is 0 Å². The summed E-state index contributed by atoms with van der Waals surface area (Å²) in [6.45, 7) is 0.341. The number of carbonyl (C=O) groups is 1. The maximum atomic E-state index is 10.2. The first-order valence-electron chi connectivity index (χ1n) is 3.44. The molecular formula is C6H16Cl2N2O3. The highest BCUT2D eigenvalue weighted by Crippen LogP contribution is 1.99. The van der Waals surface area contributed by atoms with Crippen LogP contribution in [0.2, 0.25) is 0 Å². The van der Waals surface area contributed by atoms with Gasteiger partial charge < -0.3 is 21.7 Å². The molecule has 0 aliphatic heterocycles. The number of carboxylic acid groups (broad SMARTS) is 1. The van der Waals surface area contributed by atoms with E-state index in [2.05, 4.69) is 0 Å². The van der Waals surface area contributed by atoms with Gasteiger partial charge in [0.05, 0.1) is 6.10 Å². The van der Waals surface area contributed by atoms with Crippen LogP contribution in [-0.4, -0.2) is 34.9 Å².